The monoisotopic (exact) mass is 320 g/mol. The van der Waals surface area contributed by atoms with E-state index in [1.807, 2.05) is 36.4 Å². The Morgan fingerprint density at radius 3 is 2.26 bits per heavy atom. The molecule has 0 aliphatic carbocycles. The van der Waals surface area contributed by atoms with E-state index < -0.39 is 5.54 Å². The molecule has 0 bridgehead atoms. The van der Waals surface area contributed by atoms with Crippen LogP contribution in [-0.4, -0.2) is 16.9 Å². The Hall–Kier alpha value is -2.13. The highest BCUT2D eigenvalue weighted by atomic mass is 32.1. The zero-order valence-corrected chi connectivity index (χ0v) is 14.1. The second-order valence-corrected chi connectivity index (χ2v) is 5.94. The Labute approximate surface area is 143 Å². The normalized spacial score (nSPS) is 20.0. The van der Waals surface area contributed by atoms with Crippen LogP contribution in [0.2, 0.25) is 0 Å². The fraction of sp³-hybridized carbons (Fsp3) is 0.250. The number of amidine groups is 1. The minimum atomic E-state index is -0.652. The van der Waals surface area contributed by atoms with Gasteiger partial charge in [-0.05, 0) is 17.5 Å². The van der Waals surface area contributed by atoms with Crippen molar-refractivity contribution in [3.8, 4) is 0 Å². The molecule has 2 nitrogen and oxygen atoms in total. The number of nitrogens with zero attached hydrogens (tertiary/aromatic N) is 2. The largest absolute Gasteiger partial charge is 0.247 e. The van der Waals surface area contributed by atoms with Crippen LogP contribution in [0.3, 0.4) is 0 Å². The molecule has 116 valence electrons. The van der Waals surface area contributed by atoms with Gasteiger partial charge in [0.2, 0.25) is 0 Å². The molecule has 23 heavy (non-hydrogen) atoms. The molecule has 0 saturated carbocycles. The SMILES string of the molecule is CCCCC1=NC(C=S)(c2ccccc2)C(c2ccccc2)=N1. The highest BCUT2D eigenvalue weighted by molar-refractivity contribution is 7.79. The maximum absolute atomic E-state index is 5.44. The molecule has 3 rings (SSSR count). The second-order valence-electron chi connectivity index (χ2n) is 5.71. The van der Waals surface area contributed by atoms with Crippen LogP contribution >= 0.6 is 12.2 Å². The van der Waals surface area contributed by atoms with Crippen LogP contribution in [-0.2, 0) is 5.54 Å². The number of unbranched alkanes of at least 4 members (excludes halogenated alkanes) is 1. The summed E-state index contributed by atoms with van der Waals surface area (Å²) in [4.78, 5) is 9.82. The van der Waals surface area contributed by atoms with Crippen LogP contribution in [0, 0.1) is 0 Å². The smallest absolute Gasteiger partial charge is 0.158 e. The molecule has 0 radical (unpaired) electrons. The van der Waals surface area contributed by atoms with Gasteiger partial charge in [0.15, 0.2) is 5.54 Å². The molecule has 0 N–H and O–H groups in total. The fourth-order valence-corrected chi connectivity index (χ4v) is 3.17. The van der Waals surface area contributed by atoms with Crippen LogP contribution in [0.25, 0.3) is 0 Å². The zero-order chi connectivity index (χ0) is 16.1. The number of rotatable bonds is 6. The maximum Gasteiger partial charge on any atom is 0.158 e. The quantitative estimate of drug-likeness (QED) is 0.689. The van der Waals surface area contributed by atoms with Gasteiger partial charge in [0.25, 0.3) is 0 Å². The summed E-state index contributed by atoms with van der Waals surface area (Å²) in [6.45, 7) is 2.18. The Morgan fingerprint density at radius 2 is 1.65 bits per heavy atom. The van der Waals surface area contributed by atoms with Gasteiger partial charge in [-0.15, -0.1) is 0 Å². The molecule has 1 aliphatic rings. The first-order valence-electron chi connectivity index (χ1n) is 8.05. The van der Waals surface area contributed by atoms with Gasteiger partial charge >= 0.3 is 0 Å². The lowest BCUT2D eigenvalue weighted by molar-refractivity contribution is 0.814. The Morgan fingerprint density at radius 1 is 1.00 bits per heavy atom. The molecule has 1 heterocycles. The molecular formula is C20H20N2S. The molecule has 1 aliphatic heterocycles. The van der Waals surface area contributed by atoms with Gasteiger partial charge in [-0.2, -0.15) is 0 Å². The lowest BCUT2D eigenvalue weighted by atomic mass is 9.84. The fourth-order valence-electron chi connectivity index (χ4n) is 2.87. The molecule has 0 amide bonds. The van der Waals surface area contributed by atoms with Crippen molar-refractivity contribution in [2.75, 3.05) is 0 Å². The average Bonchev–Trinajstić information content (AvgIpc) is 3.01. The number of hydrogen-bond acceptors (Lipinski definition) is 3. The number of hydrogen-bond donors (Lipinski definition) is 0. The Kier molecular flexibility index (Phi) is 4.77. The second kappa shape index (κ2) is 6.97. The predicted molar refractivity (Wildman–Crippen MR) is 102 cm³/mol. The van der Waals surface area contributed by atoms with Crippen molar-refractivity contribution in [3.63, 3.8) is 0 Å². The van der Waals surface area contributed by atoms with Crippen molar-refractivity contribution in [2.45, 2.75) is 31.7 Å². The summed E-state index contributed by atoms with van der Waals surface area (Å²) in [6, 6.07) is 20.4. The van der Waals surface area contributed by atoms with Crippen molar-refractivity contribution in [2.24, 2.45) is 9.98 Å². The summed E-state index contributed by atoms with van der Waals surface area (Å²) < 4.78 is 0. The highest BCUT2D eigenvalue weighted by Crippen LogP contribution is 2.34. The number of thiocarbonyl (C=S) groups is 1. The van der Waals surface area contributed by atoms with E-state index in [0.717, 1.165) is 41.9 Å². The van der Waals surface area contributed by atoms with Gasteiger partial charge in [0, 0.05) is 11.8 Å². The van der Waals surface area contributed by atoms with E-state index in [0.29, 0.717) is 0 Å². The molecule has 0 fully saturated rings. The Bertz CT molecular complexity index is 735. The van der Waals surface area contributed by atoms with Crippen molar-refractivity contribution >= 4 is 29.1 Å². The maximum atomic E-state index is 5.44. The minimum absolute atomic E-state index is 0.652. The first-order valence-corrected chi connectivity index (χ1v) is 8.52. The molecule has 3 heteroatoms. The summed E-state index contributed by atoms with van der Waals surface area (Å²) in [5, 5.41) is 1.76. The van der Waals surface area contributed by atoms with Crippen LogP contribution in [0.5, 0.6) is 0 Å². The average molecular weight is 320 g/mol. The lowest BCUT2D eigenvalue weighted by Gasteiger charge is -2.24. The summed E-state index contributed by atoms with van der Waals surface area (Å²) >= 11 is 5.44. The van der Waals surface area contributed by atoms with Crippen LogP contribution < -0.4 is 0 Å². The number of benzene rings is 2. The minimum Gasteiger partial charge on any atom is -0.247 e. The van der Waals surface area contributed by atoms with E-state index in [1.165, 1.54) is 0 Å². The summed E-state index contributed by atoms with van der Waals surface area (Å²) in [5.74, 6) is 0.899. The van der Waals surface area contributed by atoms with Crippen LogP contribution in [0.1, 0.15) is 37.3 Å². The summed E-state index contributed by atoms with van der Waals surface area (Å²) in [7, 11) is 0. The molecule has 2 aromatic rings. The topological polar surface area (TPSA) is 24.7 Å². The zero-order valence-electron chi connectivity index (χ0n) is 13.3. The van der Waals surface area contributed by atoms with E-state index in [2.05, 4.69) is 31.2 Å². The third-order valence-electron chi connectivity index (χ3n) is 4.09. The predicted octanol–water partition coefficient (Wildman–Crippen LogP) is 4.97. The van der Waals surface area contributed by atoms with Crippen molar-refractivity contribution in [1.29, 1.82) is 0 Å². The van der Waals surface area contributed by atoms with Gasteiger partial charge in [0.1, 0.15) is 5.84 Å². The third-order valence-corrected chi connectivity index (χ3v) is 4.43. The van der Waals surface area contributed by atoms with E-state index >= 15 is 0 Å². The first-order chi connectivity index (χ1) is 11.3. The molecule has 1 atom stereocenters. The lowest BCUT2D eigenvalue weighted by Crippen LogP contribution is -2.33. The van der Waals surface area contributed by atoms with Crippen LogP contribution in [0.15, 0.2) is 70.6 Å². The number of aliphatic imine (C=N–C) groups is 2. The third kappa shape index (κ3) is 3.02. The molecule has 0 aromatic heterocycles. The van der Waals surface area contributed by atoms with Gasteiger partial charge in [-0.1, -0.05) is 86.2 Å². The van der Waals surface area contributed by atoms with Crippen molar-refractivity contribution in [3.05, 3.63) is 71.8 Å². The first kappa shape index (κ1) is 15.8. The summed E-state index contributed by atoms with van der Waals surface area (Å²) in [6.07, 6.45) is 3.11. The van der Waals surface area contributed by atoms with Gasteiger partial charge in [0.05, 0.1) is 5.71 Å². The van der Waals surface area contributed by atoms with Crippen molar-refractivity contribution < 1.29 is 0 Å². The summed E-state index contributed by atoms with van der Waals surface area (Å²) in [5.41, 5.74) is 2.43. The van der Waals surface area contributed by atoms with Gasteiger partial charge in [-0.25, -0.2) is 9.98 Å². The molecule has 0 saturated heterocycles. The Balaban J connectivity index is 2.12. The van der Waals surface area contributed by atoms with Crippen LogP contribution in [0.4, 0.5) is 0 Å². The highest BCUT2D eigenvalue weighted by Gasteiger charge is 2.40. The standard InChI is InChI=1S/C20H20N2S/c1-2-3-14-18-21-19(16-10-6-4-7-11-16)20(15-23,22-18)17-12-8-5-9-13-17/h4-13,15H,2-3,14H2,1H3. The van der Waals surface area contributed by atoms with E-state index in [9.17, 15) is 0 Å². The van der Waals surface area contributed by atoms with Gasteiger partial charge in [-0.3, -0.25) is 0 Å². The molecule has 2 aromatic carbocycles. The van der Waals surface area contributed by atoms with Crippen molar-refractivity contribution in [1.82, 2.24) is 0 Å². The van der Waals surface area contributed by atoms with Gasteiger partial charge < -0.3 is 0 Å². The molecule has 1 unspecified atom stereocenters. The molecule has 0 spiro atoms. The van der Waals surface area contributed by atoms with E-state index in [-0.39, 0.29) is 0 Å². The van der Waals surface area contributed by atoms with E-state index in [4.69, 9.17) is 22.2 Å². The van der Waals surface area contributed by atoms with E-state index in [1.54, 1.807) is 5.37 Å². The molecular weight excluding hydrogens is 300 g/mol.